The van der Waals surface area contributed by atoms with Crippen molar-refractivity contribution in [3.63, 3.8) is 0 Å². The molecule has 1 amide bonds. The zero-order valence-electron chi connectivity index (χ0n) is 11.4. The fourth-order valence-electron chi connectivity index (χ4n) is 1.93. The highest BCUT2D eigenvalue weighted by atomic mass is 16.5. The summed E-state index contributed by atoms with van der Waals surface area (Å²) in [5.41, 5.74) is 1.43. The maximum Gasteiger partial charge on any atom is 0.335 e. The molecule has 5 nitrogen and oxygen atoms in total. The molecule has 0 aliphatic carbocycles. The van der Waals surface area contributed by atoms with Crippen molar-refractivity contribution >= 4 is 17.6 Å². The second-order valence-electron chi connectivity index (χ2n) is 4.40. The Balaban J connectivity index is 2.11. The van der Waals surface area contributed by atoms with Crippen LogP contribution in [0.1, 0.15) is 22.0 Å². The van der Waals surface area contributed by atoms with Crippen molar-refractivity contribution in [3.8, 4) is 0 Å². The standard InChI is InChI=1S/C16H15NO4/c1-21-14(11-5-3-2-4-6-11)15(18)17-13-9-7-12(8-10-13)16(19)20/h2-10,14H,1H3,(H,17,18)(H,19,20). The lowest BCUT2D eigenvalue weighted by atomic mass is 10.1. The average Bonchev–Trinajstić information content (AvgIpc) is 2.49. The van der Waals surface area contributed by atoms with Crippen LogP contribution in [0.25, 0.3) is 0 Å². The number of carboxylic acid groups (broad SMARTS) is 1. The number of ether oxygens (including phenoxy) is 1. The van der Waals surface area contributed by atoms with Crippen LogP contribution < -0.4 is 5.32 Å². The van der Waals surface area contributed by atoms with E-state index in [2.05, 4.69) is 5.32 Å². The molecule has 2 aromatic carbocycles. The number of benzene rings is 2. The molecule has 0 spiro atoms. The van der Waals surface area contributed by atoms with Crippen LogP contribution in [0.2, 0.25) is 0 Å². The number of amides is 1. The lowest BCUT2D eigenvalue weighted by Gasteiger charge is -2.15. The summed E-state index contributed by atoms with van der Waals surface area (Å²) < 4.78 is 5.23. The second kappa shape index (κ2) is 6.67. The van der Waals surface area contributed by atoms with Crippen LogP contribution in [0.3, 0.4) is 0 Å². The Labute approximate surface area is 122 Å². The van der Waals surface area contributed by atoms with Crippen LogP contribution in [0.15, 0.2) is 54.6 Å². The van der Waals surface area contributed by atoms with Gasteiger partial charge in [0.2, 0.25) is 0 Å². The summed E-state index contributed by atoms with van der Waals surface area (Å²) in [6.07, 6.45) is -0.717. The molecule has 0 saturated heterocycles. The van der Waals surface area contributed by atoms with Crippen LogP contribution in [0, 0.1) is 0 Å². The molecule has 2 N–H and O–H groups in total. The van der Waals surface area contributed by atoms with E-state index >= 15 is 0 Å². The predicted molar refractivity (Wildman–Crippen MR) is 78.2 cm³/mol. The van der Waals surface area contributed by atoms with Crippen LogP contribution in [0.4, 0.5) is 5.69 Å². The molecule has 0 aliphatic rings. The highest BCUT2D eigenvalue weighted by Gasteiger charge is 2.19. The van der Waals surface area contributed by atoms with Gasteiger partial charge in [-0.3, -0.25) is 4.79 Å². The smallest absolute Gasteiger partial charge is 0.335 e. The van der Waals surface area contributed by atoms with Gasteiger partial charge in [0.25, 0.3) is 5.91 Å². The van der Waals surface area contributed by atoms with Gasteiger partial charge in [-0.2, -0.15) is 0 Å². The van der Waals surface area contributed by atoms with E-state index in [9.17, 15) is 9.59 Å². The Kier molecular flexibility index (Phi) is 4.68. The van der Waals surface area contributed by atoms with E-state index in [1.807, 2.05) is 18.2 Å². The number of carbonyl (C=O) groups excluding carboxylic acids is 1. The molecule has 0 bridgehead atoms. The number of hydrogen-bond donors (Lipinski definition) is 2. The molecule has 0 aliphatic heterocycles. The summed E-state index contributed by atoms with van der Waals surface area (Å²) in [5, 5.41) is 11.5. The first-order chi connectivity index (χ1) is 10.1. The third-order valence-corrected chi connectivity index (χ3v) is 2.98. The van der Waals surface area contributed by atoms with Crippen molar-refractivity contribution in [2.75, 3.05) is 12.4 Å². The van der Waals surface area contributed by atoms with Crippen molar-refractivity contribution < 1.29 is 19.4 Å². The molecule has 2 aromatic rings. The highest BCUT2D eigenvalue weighted by molar-refractivity contribution is 5.95. The normalized spacial score (nSPS) is 11.7. The Hall–Kier alpha value is -2.66. The molecule has 0 fully saturated rings. The number of rotatable bonds is 5. The summed E-state index contributed by atoms with van der Waals surface area (Å²) >= 11 is 0. The third-order valence-electron chi connectivity index (χ3n) is 2.98. The van der Waals surface area contributed by atoms with Crippen molar-refractivity contribution in [1.82, 2.24) is 0 Å². The fourth-order valence-corrected chi connectivity index (χ4v) is 1.93. The summed E-state index contributed by atoms with van der Waals surface area (Å²) in [7, 11) is 1.46. The van der Waals surface area contributed by atoms with Gasteiger partial charge < -0.3 is 15.2 Å². The average molecular weight is 285 g/mol. The minimum Gasteiger partial charge on any atom is -0.478 e. The second-order valence-corrected chi connectivity index (χ2v) is 4.40. The molecular weight excluding hydrogens is 270 g/mol. The van der Waals surface area contributed by atoms with Crippen LogP contribution in [-0.2, 0) is 9.53 Å². The largest absolute Gasteiger partial charge is 0.478 e. The van der Waals surface area contributed by atoms with Gasteiger partial charge in [0.1, 0.15) is 0 Å². The van der Waals surface area contributed by atoms with Crippen molar-refractivity contribution in [2.24, 2.45) is 0 Å². The number of nitrogens with one attached hydrogen (secondary N) is 1. The minimum absolute atomic E-state index is 0.166. The van der Waals surface area contributed by atoms with Gasteiger partial charge in [0.15, 0.2) is 6.10 Å². The van der Waals surface area contributed by atoms with E-state index in [0.717, 1.165) is 5.56 Å². The highest BCUT2D eigenvalue weighted by Crippen LogP contribution is 2.19. The summed E-state index contributed by atoms with van der Waals surface area (Å²) in [6.45, 7) is 0. The Bertz CT molecular complexity index is 622. The Morgan fingerprint density at radius 1 is 1.05 bits per heavy atom. The van der Waals surface area contributed by atoms with Gasteiger partial charge in [-0.15, -0.1) is 0 Å². The molecule has 0 saturated carbocycles. The molecule has 1 atom stereocenters. The van der Waals surface area contributed by atoms with E-state index < -0.39 is 12.1 Å². The van der Waals surface area contributed by atoms with Gasteiger partial charge >= 0.3 is 5.97 Å². The molecule has 2 rings (SSSR count). The zero-order valence-corrected chi connectivity index (χ0v) is 11.4. The first-order valence-electron chi connectivity index (χ1n) is 6.34. The Morgan fingerprint density at radius 3 is 2.19 bits per heavy atom. The van der Waals surface area contributed by atoms with E-state index in [-0.39, 0.29) is 11.5 Å². The van der Waals surface area contributed by atoms with E-state index in [0.29, 0.717) is 5.69 Å². The fraction of sp³-hybridized carbons (Fsp3) is 0.125. The summed E-state index contributed by atoms with van der Waals surface area (Å²) in [5.74, 6) is -1.32. The van der Waals surface area contributed by atoms with E-state index in [1.165, 1.54) is 19.2 Å². The molecule has 0 radical (unpaired) electrons. The van der Waals surface area contributed by atoms with Crippen LogP contribution in [-0.4, -0.2) is 24.1 Å². The van der Waals surface area contributed by atoms with Gasteiger partial charge in [-0.05, 0) is 29.8 Å². The van der Waals surface area contributed by atoms with Crippen LogP contribution in [0.5, 0.6) is 0 Å². The maximum absolute atomic E-state index is 12.2. The molecule has 108 valence electrons. The lowest BCUT2D eigenvalue weighted by molar-refractivity contribution is -0.126. The van der Waals surface area contributed by atoms with E-state index in [4.69, 9.17) is 9.84 Å². The molecule has 5 heteroatoms. The van der Waals surface area contributed by atoms with Gasteiger partial charge in [-0.25, -0.2) is 4.79 Å². The van der Waals surface area contributed by atoms with Crippen molar-refractivity contribution in [1.29, 1.82) is 0 Å². The number of aromatic carboxylic acids is 1. The van der Waals surface area contributed by atoms with Gasteiger partial charge in [0.05, 0.1) is 5.56 Å². The molecule has 21 heavy (non-hydrogen) atoms. The zero-order chi connectivity index (χ0) is 15.2. The van der Waals surface area contributed by atoms with Crippen LogP contribution >= 0.6 is 0 Å². The number of carbonyl (C=O) groups is 2. The lowest BCUT2D eigenvalue weighted by Crippen LogP contribution is -2.22. The number of anilines is 1. The quantitative estimate of drug-likeness (QED) is 0.885. The topological polar surface area (TPSA) is 75.6 Å². The molecule has 0 aromatic heterocycles. The van der Waals surface area contributed by atoms with E-state index in [1.54, 1.807) is 24.3 Å². The number of hydrogen-bond acceptors (Lipinski definition) is 3. The Morgan fingerprint density at radius 2 is 1.67 bits per heavy atom. The number of carboxylic acids is 1. The summed E-state index contributed by atoms with van der Waals surface area (Å²) in [4.78, 5) is 23.0. The first-order valence-corrected chi connectivity index (χ1v) is 6.34. The van der Waals surface area contributed by atoms with Crippen molar-refractivity contribution in [3.05, 3.63) is 65.7 Å². The van der Waals surface area contributed by atoms with Crippen molar-refractivity contribution in [2.45, 2.75) is 6.10 Å². The first kappa shape index (κ1) is 14.7. The summed E-state index contributed by atoms with van der Waals surface area (Å²) in [6, 6.07) is 15.1. The maximum atomic E-state index is 12.2. The SMILES string of the molecule is COC(C(=O)Nc1ccc(C(=O)O)cc1)c1ccccc1. The molecule has 0 heterocycles. The molecule has 1 unspecified atom stereocenters. The van der Waals surface area contributed by atoms with Gasteiger partial charge in [0, 0.05) is 12.8 Å². The predicted octanol–water partition coefficient (Wildman–Crippen LogP) is 2.71. The van der Waals surface area contributed by atoms with Gasteiger partial charge in [-0.1, -0.05) is 30.3 Å². The number of methoxy groups -OCH3 is 1. The molecular formula is C16H15NO4. The minimum atomic E-state index is -1.01. The monoisotopic (exact) mass is 285 g/mol. The third kappa shape index (κ3) is 3.67.